The minimum Gasteiger partial charge on any atom is -0.317 e. The molecule has 2 heterocycles. The number of nitrogens with two attached hydrogens (primary N) is 1. The Kier molecular flexibility index (Phi) is 4.32. The third-order valence-corrected chi connectivity index (χ3v) is 4.63. The summed E-state index contributed by atoms with van der Waals surface area (Å²) in [7, 11) is 0. The van der Waals surface area contributed by atoms with Crippen LogP contribution in [-0.4, -0.2) is 9.97 Å². The van der Waals surface area contributed by atoms with Crippen molar-refractivity contribution in [1.82, 2.24) is 9.97 Å². The van der Waals surface area contributed by atoms with Crippen LogP contribution in [0.3, 0.4) is 0 Å². The molecule has 4 heteroatoms. The zero-order valence-electron chi connectivity index (χ0n) is 12.7. The topological polar surface area (TPSA) is 51.8 Å². The van der Waals surface area contributed by atoms with Crippen molar-refractivity contribution in [2.75, 3.05) is 0 Å². The van der Waals surface area contributed by atoms with Gasteiger partial charge in [0.25, 0.3) is 0 Å². The van der Waals surface area contributed by atoms with E-state index in [1.54, 1.807) is 17.5 Å². The zero-order valence-corrected chi connectivity index (χ0v) is 13.5. The second-order valence-electron chi connectivity index (χ2n) is 5.57. The maximum Gasteiger partial charge on any atom is 0.150 e. The third-order valence-electron chi connectivity index (χ3n) is 3.68. The minimum atomic E-state index is -0.269. The molecule has 1 atom stereocenters. The molecule has 0 aliphatic carbocycles. The summed E-state index contributed by atoms with van der Waals surface area (Å²) in [5.74, 6) is 1.19. The first-order valence-corrected chi connectivity index (χ1v) is 8.25. The van der Waals surface area contributed by atoms with Crippen LogP contribution in [-0.2, 0) is 0 Å². The normalized spacial score (nSPS) is 12.5. The van der Waals surface area contributed by atoms with E-state index in [0.717, 1.165) is 16.1 Å². The number of hydrogen-bond acceptors (Lipinski definition) is 4. The highest BCUT2D eigenvalue weighted by molar-refractivity contribution is 7.10. The average molecular weight is 309 g/mol. The molecule has 0 bridgehead atoms. The molecule has 0 aliphatic rings. The van der Waals surface area contributed by atoms with Gasteiger partial charge >= 0.3 is 0 Å². The number of thiophene rings is 1. The first-order valence-electron chi connectivity index (χ1n) is 7.37. The monoisotopic (exact) mass is 309 g/mol. The van der Waals surface area contributed by atoms with Gasteiger partial charge in [0.1, 0.15) is 0 Å². The van der Waals surface area contributed by atoms with E-state index in [1.165, 1.54) is 5.56 Å². The maximum atomic E-state index is 6.26. The van der Waals surface area contributed by atoms with E-state index in [-0.39, 0.29) is 6.04 Å². The quantitative estimate of drug-likeness (QED) is 0.778. The molecule has 1 unspecified atom stereocenters. The Morgan fingerprint density at radius 1 is 1.05 bits per heavy atom. The van der Waals surface area contributed by atoms with Gasteiger partial charge in [0.05, 0.1) is 11.7 Å². The number of aromatic nitrogens is 2. The van der Waals surface area contributed by atoms with E-state index >= 15 is 0 Å². The summed E-state index contributed by atoms with van der Waals surface area (Å²) >= 11 is 1.63. The van der Waals surface area contributed by atoms with Crippen molar-refractivity contribution in [3.63, 3.8) is 0 Å². The van der Waals surface area contributed by atoms with Gasteiger partial charge in [-0.25, -0.2) is 9.97 Å². The summed E-state index contributed by atoms with van der Waals surface area (Å²) in [5, 5.41) is 2.02. The first-order chi connectivity index (χ1) is 10.6. The Morgan fingerprint density at radius 3 is 2.45 bits per heavy atom. The molecule has 1 aromatic carbocycles. The molecule has 3 aromatic rings. The molecule has 0 fully saturated rings. The second kappa shape index (κ2) is 6.38. The lowest BCUT2D eigenvalue weighted by Crippen LogP contribution is -2.14. The van der Waals surface area contributed by atoms with Gasteiger partial charge in [0, 0.05) is 16.6 Å². The van der Waals surface area contributed by atoms with Crippen LogP contribution in [0.2, 0.25) is 0 Å². The molecule has 0 amide bonds. The fourth-order valence-electron chi connectivity index (χ4n) is 2.32. The first kappa shape index (κ1) is 14.9. The van der Waals surface area contributed by atoms with Crippen molar-refractivity contribution in [3.8, 4) is 11.3 Å². The third kappa shape index (κ3) is 3.08. The predicted molar refractivity (Wildman–Crippen MR) is 91.9 cm³/mol. The smallest absolute Gasteiger partial charge is 0.150 e. The number of nitrogens with zero attached hydrogens (tertiary/aromatic N) is 2. The largest absolute Gasteiger partial charge is 0.317 e. The van der Waals surface area contributed by atoms with Gasteiger partial charge in [0.2, 0.25) is 0 Å². The van der Waals surface area contributed by atoms with Gasteiger partial charge < -0.3 is 5.73 Å². The standard InChI is InChI=1S/C18H19N3S/c1-12(2)13-5-7-14(8-6-13)15-9-10-20-18(21-15)17(19)16-4-3-11-22-16/h3-12,17H,19H2,1-2H3. The van der Waals surface area contributed by atoms with Crippen molar-refractivity contribution in [3.05, 3.63) is 70.3 Å². The Bertz CT molecular complexity index is 733. The van der Waals surface area contributed by atoms with Crippen LogP contribution in [0.4, 0.5) is 0 Å². The summed E-state index contributed by atoms with van der Waals surface area (Å²) in [6, 6.07) is 14.2. The second-order valence-corrected chi connectivity index (χ2v) is 6.55. The molecule has 2 aromatic heterocycles. The van der Waals surface area contributed by atoms with E-state index in [1.807, 2.05) is 23.6 Å². The fraction of sp³-hybridized carbons (Fsp3) is 0.222. The Labute approximate surface area is 134 Å². The highest BCUT2D eigenvalue weighted by Crippen LogP contribution is 2.24. The van der Waals surface area contributed by atoms with E-state index in [9.17, 15) is 0 Å². The van der Waals surface area contributed by atoms with Crippen LogP contribution < -0.4 is 5.73 Å². The predicted octanol–water partition coefficient (Wildman–Crippen LogP) is 4.38. The maximum absolute atomic E-state index is 6.26. The molecular weight excluding hydrogens is 290 g/mol. The Morgan fingerprint density at radius 2 is 1.82 bits per heavy atom. The fourth-order valence-corrected chi connectivity index (χ4v) is 3.04. The lowest BCUT2D eigenvalue weighted by atomic mass is 10.0. The van der Waals surface area contributed by atoms with E-state index in [4.69, 9.17) is 5.73 Å². The molecule has 3 nitrogen and oxygen atoms in total. The molecule has 22 heavy (non-hydrogen) atoms. The highest BCUT2D eigenvalue weighted by atomic mass is 32.1. The van der Waals surface area contributed by atoms with Crippen LogP contribution in [0.1, 0.15) is 42.1 Å². The van der Waals surface area contributed by atoms with Crippen molar-refractivity contribution >= 4 is 11.3 Å². The van der Waals surface area contributed by atoms with Gasteiger partial charge in [-0.05, 0) is 29.0 Å². The molecule has 2 N–H and O–H groups in total. The van der Waals surface area contributed by atoms with Crippen LogP contribution >= 0.6 is 11.3 Å². The highest BCUT2D eigenvalue weighted by Gasteiger charge is 2.14. The van der Waals surface area contributed by atoms with Crippen molar-refractivity contribution < 1.29 is 0 Å². The summed E-state index contributed by atoms with van der Waals surface area (Å²) in [5.41, 5.74) is 9.58. The molecule has 0 radical (unpaired) electrons. The molecule has 0 saturated heterocycles. The molecular formula is C18H19N3S. The van der Waals surface area contributed by atoms with E-state index in [2.05, 4.69) is 48.1 Å². The number of hydrogen-bond donors (Lipinski definition) is 1. The van der Waals surface area contributed by atoms with Gasteiger partial charge in [0.15, 0.2) is 5.82 Å². The molecule has 0 saturated carbocycles. The van der Waals surface area contributed by atoms with E-state index in [0.29, 0.717) is 11.7 Å². The van der Waals surface area contributed by atoms with Crippen LogP contribution in [0, 0.1) is 0 Å². The SMILES string of the molecule is CC(C)c1ccc(-c2ccnc(C(N)c3cccs3)n2)cc1. The van der Waals surface area contributed by atoms with Crippen LogP contribution in [0.25, 0.3) is 11.3 Å². The molecule has 3 rings (SSSR count). The lowest BCUT2D eigenvalue weighted by molar-refractivity contribution is 0.797. The number of benzene rings is 1. The van der Waals surface area contributed by atoms with Crippen LogP contribution in [0.5, 0.6) is 0 Å². The average Bonchev–Trinajstić information content (AvgIpc) is 3.09. The Balaban J connectivity index is 1.90. The zero-order chi connectivity index (χ0) is 15.5. The minimum absolute atomic E-state index is 0.269. The van der Waals surface area contributed by atoms with Gasteiger partial charge in [-0.1, -0.05) is 44.2 Å². The van der Waals surface area contributed by atoms with Gasteiger partial charge in [-0.15, -0.1) is 11.3 Å². The van der Waals surface area contributed by atoms with Crippen molar-refractivity contribution in [2.45, 2.75) is 25.8 Å². The molecule has 0 spiro atoms. The lowest BCUT2D eigenvalue weighted by Gasteiger charge is -2.10. The van der Waals surface area contributed by atoms with Crippen molar-refractivity contribution in [2.24, 2.45) is 5.73 Å². The molecule has 112 valence electrons. The summed E-state index contributed by atoms with van der Waals surface area (Å²) in [6.07, 6.45) is 1.78. The van der Waals surface area contributed by atoms with Gasteiger partial charge in [-0.2, -0.15) is 0 Å². The van der Waals surface area contributed by atoms with Gasteiger partial charge in [-0.3, -0.25) is 0 Å². The summed E-state index contributed by atoms with van der Waals surface area (Å²) in [4.78, 5) is 10.1. The number of rotatable bonds is 4. The van der Waals surface area contributed by atoms with E-state index < -0.39 is 0 Å². The summed E-state index contributed by atoms with van der Waals surface area (Å²) in [6.45, 7) is 4.38. The Hall–Kier alpha value is -2.04. The van der Waals surface area contributed by atoms with Crippen molar-refractivity contribution in [1.29, 1.82) is 0 Å². The summed E-state index contributed by atoms with van der Waals surface area (Å²) < 4.78 is 0. The molecule has 0 aliphatic heterocycles. The van der Waals surface area contributed by atoms with Crippen LogP contribution in [0.15, 0.2) is 54.0 Å².